The van der Waals surface area contributed by atoms with Crippen LogP contribution in [-0.2, 0) is 6.54 Å². The molecule has 0 aliphatic carbocycles. The Kier molecular flexibility index (Phi) is 1.99. The van der Waals surface area contributed by atoms with E-state index in [9.17, 15) is 0 Å². The number of hydrogen-bond acceptors (Lipinski definition) is 3. The fraction of sp³-hybridized carbons (Fsp3) is 0.250. The van der Waals surface area contributed by atoms with Crippen LogP contribution in [0.2, 0.25) is 0 Å². The number of halogens is 1. The minimum atomic E-state index is 0.538. The van der Waals surface area contributed by atoms with Gasteiger partial charge in [-0.2, -0.15) is 0 Å². The van der Waals surface area contributed by atoms with Gasteiger partial charge in [-0.25, -0.2) is 4.98 Å². The van der Waals surface area contributed by atoms with Gasteiger partial charge in [0.15, 0.2) is 0 Å². The SMILES string of the molecule is NCc1nc(Br)cs1. The van der Waals surface area contributed by atoms with Crippen LogP contribution in [0.15, 0.2) is 9.98 Å². The van der Waals surface area contributed by atoms with Gasteiger partial charge in [0.25, 0.3) is 0 Å². The molecule has 0 aromatic carbocycles. The third kappa shape index (κ3) is 1.27. The van der Waals surface area contributed by atoms with E-state index in [1.165, 1.54) is 0 Å². The Balaban J connectivity index is 2.84. The third-order valence-electron chi connectivity index (χ3n) is 0.698. The molecule has 0 atom stereocenters. The fourth-order valence-corrected chi connectivity index (χ4v) is 1.53. The summed E-state index contributed by atoms with van der Waals surface area (Å²) in [6.07, 6.45) is 0. The maximum absolute atomic E-state index is 5.29. The summed E-state index contributed by atoms with van der Waals surface area (Å²) in [7, 11) is 0. The van der Waals surface area contributed by atoms with Crippen LogP contribution < -0.4 is 5.73 Å². The van der Waals surface area contributed by atoms with Crippen molar-refractivity contribution < 1.29 is 0 Å². The van der Waals surface area contributed by atoms with E-state index in [1.54, 1.807) is 11.3 Å². The quantitative estimate of drug-likeness (QED) is 0.731. The molecule has 2 N–H and O–H groups in total. The lowest BCUT2D eigenvalue weighted by atomic mass is 10.7. The van der Waals surface area contributed by atoms with E-state index in [4.69, 9.17) is 5.73 Å². The number of nitrogens with two attached hydrogens (primary N) is 1. The zero-order valence-corrected chi connectivity index (χ0v) is 6.50. The average Bonchev–Trinajstić information content (AvgIpc) is 2.14. The Morgan fingerprint density at radius 1 is 1.88 bits per heavy atom. The van der Waals surface area contributed by atoms with E-state index in [2.05, 4.69) is 20.9 Å². The van der Waals surface area contributed by atoms with E-state index < -0.39 is 0 Å². The van der Waals surface area contributed by atoms with Gasteiger partial charge in [0.05, 0.1) is 0 Å². The van der Waals surface area contributed by atoms with Crippen molar-refractivity contribution in [3.8, 4) is 0 Å². The highest BCUT2D eigenvalue weighted by Crippen LogP contribution is 2.13. The monoisotopic (exact) mass is 192 g/mol. The van der Waals surface area contributed by atoms with Crippen molar-refractivity contribution in [3.63, 3.8) is 0 Å². The second kappa shape index (κ2) is 2.57. The van der Waals surface area contributed by atoms with Crippen LogP contribution in [0.3, 0.4) is 0 Å². The van der Waals surface area contributed by atoms with Gasteiger partial charge < -0.3 is 5.73 Å². The van der Waals surface area contributed by atoms with Crippen LogP contribution in [0, 0.1) is 0 Å². The molecular formula is C4H5BrN2S. The lowest BCUT2D eigenvalue weighted by Crippen LogP contribution is -1.93. The molecule has 4 heteroatoms. The lowest BCUT2D eigenvalue weighted by molar-refractivity contribution is 1.03. The minimum Gasteiger partial charge on any atom is -0.325 e. The van der Waals surface area contributed by atoms with Gasteiger partial charge in [0, 0.05) is 11.9 Å². The Bertz CT molecular complexity index is 174. The molecule has 1 heterocycles. The van der Waals surface area contributed by atoms with Crippen molar-refractivity contribution in [2.45, 2.75) is 6.54 Å². The van der Waals surface area contributed by atoms with Crippen molar-refractivity contribution in [1.82, 2.24) is 4.98 Å². The van der Waals surface area contributed by atoms with Gasteiger partial charge in [-0.1, -0.05) is 0 Å². The maximum atomic E-state index is 5.29. The van der Waals surface area contributed by atoms with Gasteiger partial charge in [-0.05, 0) is 15.9 Å². The number of aromatic nitrogens is 1. The van der Waals surface area contributed by atoms with E-state index in [-0.39, 0.29) is 0 Å². The van der Waals surface area contributed by atoms with Gasteiger partial charge in [0.1, 0.15) is 9.61 Å². The van der Waals surface area contributed by atoms with Crippen LogP contribution in [0.4, 0.5) is 0 Å². The second-order valence-electron chi connectivity index (χ2n) is 1.27. The molecule has 0 spiro atoms. The molecule has 44 valence electrons. The van der Waals surface area contributed by atoms with Crippen LogP contribution in [0.25, 0.3) is 0 Å². The first-order valence-corrected chi connectivity index (χ1v) is 3.80. The minimum absolute atomic E-state index is 0.538. The molecule has 1 aromatic heterocycles. The zero-order valence-electron chi connectivity index (χ0n) is 4.10. The first-order chi connectivity index (χ1) is 3.83. The Morgan fingerprint density at radius 2 is 2.62 bits per heavy atom. The summed E-state index contributed by atoms with van der Waals surface area (Å²) in [5.74, 6) is 0. The largest absolute Gasteiger partial charge is 0.325 e. The molecule has 0 fully saturated rings. The zero-order chi connectivity index (χ0) is 5.98. The summed E-state index contributed by atoms with van der Waals surface area (Å²) < 4.78 is 0.878. The third-order valence-corrected chi connectivity index (χ3v) is 2.28. The summed E-state index contributed by atoms with van der Waals surface area (Å²) in [5.41, 5.74) is 5.29. The van der Waals surface area contributed by atoms with Gasteiger partial charge >= 0.3 is 0 Å². The van der Waals surface area contributed by atoms with Crippen molar-refractivity contribution in [2.24, 2.45) is 5.73 Å². The Hall–Kier alpha value is 0.0700. The summed E-state index contributed by atoms with van der Waals surface area (Å²) in [5, 5.41) is 2.89. The number of rotatable bonds is 1. The number of nitrogens with zero attached hydrogens (tertiary/aromatic N) is 1. The van der Waals surface area contributed by atoms with Crippen LogP contribution >= 0.6 is 27.3 Å². The lowest BCUT2D eigenvalue weighted by Gasteiger charge is -1.79. The van der Waals surface area contributed by atoms with E-state index in [1.807, 2.05) is 5.38 Å². The molecule has 0 unspecified atom stereocenters. The molecule has 0 radical (unpaired) electrons. The van der Waals surface area contributed by atoms with E-state index in [0.717, 1.165) is 9.61 Å². The summed E-state index contributed by atoms with van der Waals surface area (Å²) in [6.45, 7) is 0.538. The molecule has 0 bridgehead atoms. The van der Waals surface area contributed by atoms with Crippen molar-refractivity contribution in [2.75, 3.05) is 0 Å². The Morgan fingerprint density at radius 3 is 2.88 bits per heavy atom. The van der Waals surface area contributed by atoms with E-state index >= 15 is 0 Å². The Labute approximate surface area is 59.9 Å². The predicted octanol–water partition coefficient (Wildman–Crippen LogP) is 1.36. The molecule has 2 nitrogen and oxygen atoms in total. The van der Waals surface area contributed by atoms with Crippen LogP contribution in [0.1, 0.15) is 5.01 Å². The molecule has 0 saturated heterocycles. The highest BCUT2D eigenvalue weighted by Gasteiger charge is 1.93. The highest BCUT2D eigenvalue weighted by molar-refractivity contribution is 9.10. The van der Waals surface area contributed by atoms with Crippen molar-refractivity contribution in [1.29, 1.82) is 0 Å². The van der Waals surface area contributed by atoms with Crippen molar-refractivity contribution in [3.05, 3.63) is 15.0 Å². The number of thiazole rings is 1. The molecule has 0 saturated carbocycles. The van der Waals surface area contributed by atoms with Crippen LogP contribution in [-0.4, -0.2) is 4.98 Å². The molecule has 1 aromatic rings. The maximum Gasteiger partial charge on any atom is 0.117 e. The van der Waals surface area contributed by atoms with E-state index in [0.29, 0.717) is 6.54 Å². The van der Waals surface area contributed by atoms with Crippen molar-refractivity contribution >= 4 is 27.3 Å². The topological polar surface area (TPSA) is 38.9 Å². The molecule has 1 rings (SSSR count). The van der Waals surface area contributed by atoms with Crippen LogP contribution in [0.5, 0.6) is 0 Å². The van der Waals surface area contributed by atoms with Gasteiger partial charge in [-0.15, -0.1) is 11.3 Å². The predicted molar refractivity (Wildman–Crippen MR) is 37.7 cm³/mol. The summed E-state index contributed by atoms with van der Waals surface area (Å²) >= 11 is 4.78. The van der Waals surface area contributed by atoms with Gasteiger partial charge in [0.2, 0.25) is 0 Å². The molecular weight excluding hydrogens is 188 g/mol. The summed E-state index contributed by atoms with van der Waals surface area (Å²) in [4.78, 5) is 4.04. The molecule has 0 aliphatic heterocycles. The molecule has 8 heavy (non-hydrogen) atoms. The number of hydrogen-bond donors (Lipinski definition) is 1. The highest BCUT2D eigenvalue weighted by atomic mass is 79.9. The second-order valence-corrected chi connectivity index (χ2v) is 3.02. The smallest absolute Gasteiger partial charge is 0.117 e. The first-order valence-electron chi connectivity index (χ1n) is 2.13. The average molecular weight is 193 g/mol. The molecule has 0 amide bonds. The standard InChI is InChI=1S/C4H5BrN2S/c5-3-2-8-4(1-6)7-3/h2H,1,6H2. The molecule has 0 aliphatic rings. The first kappa shape index (κ1) is 6.19. The normalized spacial score (nSPS) is 9.75. The fourth-order valence-electron chi connectivity index (χ4n) is 0.382. The summed E-state index contributed by atoms with van der Waals surface area (Å²) in [6, 6.07) is 0. The van der Waals surface area contributed by atoms with Gasteiger partial charge in [-0.3, -0.25) is 0 Å².